The summed E-state index contributed by atoms with van der Waals surface area (Å²) in [4.78, 5) is 0. The number of ether oxygens (including phenoxy) is 1. The quantitative estimate of drug-likeness (QED) is 0.808. The Morgan fingerprint density at radius 2 is 1.76 bits per heavy atom. The molecule has 102 valence electrons. The molecular weight excluding hydrogens is 235 g/mol. The average molecular weight is 255 g/mol. The first-order valence-corrected chi connectivity index (χ1v) is 5.56. The van der Waals surface area contributed by atoms with Gasteiger partial charge in [0, 0.05) is 0 Å². The predicted octanol–water partition coefficient (Wildman–Crippen LogP) is 1.85. The van der Waals surface area contributed by atoms with Gasteiger partial charge in [-0.2, -0.15) is 13.2 Å². The number of halogens is 3. The van der Waals surface area contributed by atoms with E-state index in [2.05, 4.69) is 5.32 Å². The summed E-state index contributed by atoms with van der Waals surface area (Å²) in [7, 11) is 0. The van der Waals surface area contributed by atoms with Crippen LogP contribution in [-0.4, -0.2) is 41.2 Å². The topological polar surface area (TPSA) is 41.5 Å². The molecule has 0 aromatic carbocycles. The van der Waals surface area contributed by atoms with Crippen LogP contribution in [0.15, 0.2) is 0 Å². The highest BCUT2D eigenvalue weighted by Crippen LogP contribution is 2.44. The molecule has 1 unspecified atom stereocenters. The summed E-state index contributed by atoms with van der Waals surface area (Å²) in [5.41, 5.74) is -2.46. The van der Waals surface area contributed by atoms with Crippen LogP contribution in [0.25, 0.3) is 0 Å². The van der Waals surface area contributed by atoms with E-state index < -0.39 is 29.5 Å². The Morgan fingerprint density at radius 1 is 1.24 bits per heavy atom. The Balaban J connectivity index is 2.88. The second-order valence-corrected chi connectivity index (χ2v) is 5.76. The number of aliphatic hydroxyl groups is 1. The summed E-state index contributed by atoms with van der Waals surface area (Å²) in [6.07, 6.45) is -3.97. The van der Waals surface area contributed by atoms with E-state index in [1.807, 2.05) is 0 Å². The van der Waals surface area contributed by atoms with Gasteiger partial charge in [0.25, 0.3) is 0 Å². The molecule has 2 N–H and O–H groups in total. The number of nitrogens with one attached hydrogen (secondary N) is 1. The highest BCUT2D eigenvalue weighted by Gasteiger charge is 2.57. The summed E-state index contributed by atoms with van der Waals surface area (Å²) in [6.45, 7) is 5.49. The number of hydrogen-bond donors (Lipinski definition) is 2. The molecule has 1 fully saturated rings. The second-order valence-electron chi connectivity index (χ2n) is 5.76. The van der Waals surface area contributed by atoms with Crippen LogP contribution in [-0.2, 0) is 4.74 Å². The van der Waals surface area contributed by atoms with Crippen molar-refractivity contribution in [3.05, 3.63) is 0 Å². The van der Waals surface area contributed by atoms with E-state index in [1.54, 1.807) is 27.7 Å². The van der Waals surface area contributed by atoms with E-state index >= 15 is 0 Å². The summed E-state index contributed by atoms with van der Waals surface area (Å²) < 4.78 is 42.5. The van der Waals surface area contributed by atoms with Gasteiger partial charge in [0.05, 0.1) is 29.9 Å². The third-order valence-corrected chi connectivity index (χ3v) is 3.31. The molecule has 0 radical (unpaired) electrons. The van der Waals surface area contributed by atoms with Crippen LogP contribution in [0.4, 0.5) is 13.2 Å². The summed E-state index contributed by atoms with van der Waals surface area (Å²) in [5, 5.41) is 11.9. The molecule has 1 saturated heterocycles. The Bertz CT molecular complexity index is 289. The Hall–Kier alpha value is -0.330. The van der Waals surface area contributed by atoms with Crippen LogP contribution in [0.5, 0.6) is 0 Å². The third-order valence-electron chi connectivity index (χ3n) is 3.31. The highest BCUT2D eigenvalue weighted by atomic mass is 19.4. The van der Waals surface area contributed by atoms with Crippen molar-refractivity contribution in [1.29, 1.82) is 0 Å². The van der Waals surface area contributed by atoms with Crippen molar-refractivity contribution in [2.75, 3.05) is 13.2 Å². The largest absolute Gasteiger partial charge is 0.401 e. The fourth-order valence-electron chi connectivity index (χ4n) is 2.61. The SMILES string of the molecule is CC1(C)CC(CO)(NCC(F)(F)F)C(C)(C)O1. The minimum Gasteiger partial charge on any atom is -0.394 e. The minimum atomic E-state index is -4.30. The Labute approximate surface area is 99.3 Å². The van der Waals surface area contributed by atoms with Gasteiger partial charge in [-0.25, -0.2) is 0 Å². The number of hydrogen-bond acceptors (Lipinski definition) is 3. The molecule has 1 aliphatic rings. The van der Waals surface area contributed by atoms with Gasteiger partial charge in [-0.1, -0.05) is 0 Å². The van der Waals surface area contributed by atoms with Crippen LogP contribution in [0, 0.1) is 0 Å². The van der Waals surface area contributed by atoms with E-state index in [4.69, 9.17) is 4.74 Å². The second kappa shape index (κ2) is 4.10. The van der Waals surface area contributed by atoms with Crippen LogP contribution < -0.4 is 5.32 Å². The average Bonchev–Trinajstić information content (AvgIpc) is 2.26. The molecule has 0 aliphatic carbocycles. The lowest BCUT2D eigenvalue weighted by atomic mass is 9.79. The van der Waals surface area contributed by atoms with Crippen molar-refractivity contribution < 1.29 is 23.0 Å². The molecule has 3 nitrogen and oxygen atoms in total. The molecule has 0 amide bonds. The van der Waals surface area contributed by atoms with E-state index in [0.29, 0.717) is 6.42 Å². The zero-order valence-electron chi connectivity index (χ0n) is 10.6. The van der Waals surface area contributed by atoms with Crippen molar-refractivity contribution in [2.24, 2.45) is 0 Å². The fraction of sp³-hybridized carbons (Fsp3) is 1.00. The first-order valence-electron chi connectivity index (χ1n) is 5.56. The smallest absolute Gasteiger partial charge is 0.394 e. The first-order chi connectivity index (χ1) is 7.43. The summed E-state index contributed by atoms with van der Waals surface area (Å²) in [5.74, 6) is 0. The van der Waals surface area contributed by atoms with E-state index in [-0.39, 0.29) is 6.61 Å². The van der Waals surface area contributed by atoms with Crippen molar-refractivity contribution in [1.82, 2.24) is 5.32 Å². The van der Waals surface area contributed by atoms with Gasteiger partial charge >= 0.3 is 6.18 Å². The maximum atomic E-state index is 12.3. The lowest BCUT2D eigenvalue weighted by Gasteiger charge is -2.39. The maximum Gasteiger partial charge on any atom is 0.401 e. The molecule has 1 atom stereocenters. The molecule has 1 heterocycles. The maximum absolute atomic E-state index is 12.3. The van der Waals surface area contributed by atoms with E-state index in [1.165, 1.54) is 0 Å². The molecule has 6 heteroatoms. The van der Waals surface area contributed by atoms with E-state index in [9.17, 15) is 18.3 Å². The zero-order chi connectivity index (χ0) is 13.5. The summed E-state index contributed by atoms with van der Waals surface area (Å²) >= 11 is 0. The number of alkyl halides is 3. The van der Waals surface area contributed by atoms with Gasteiger partial charge in [-0.3, -0.25) is 5.32 Å². The Kier molecular flexibility index (Phi) is 3.55. The molecule has 0 spiro atoms. The first kappa shape index (κ1) is 14.7. The van der Waals surface area contributed by atoms with Crippen LogP contribution in [0.1, 0.15) is 34.1 Å². The molecule has 0 aromatic heterocycles. The van der Waals surface area contributed by atoms with Crippen LogP contribution in [0.3, 0.4) is 0 Å². The molecule has 0 aromatic rings. The monoisotopic (exact) mass is 255 g/mol. The van der Waals surface area contributed by atoms with Gasteiger partial charge in [-0.15, -0.1) is 0 Å². The zero-order valence-corrected chi connectivity index (χ0v) is 10.6. The standard InChI is InChI=1S/C11H20F3NO2/c1-8(2)5-10(7-16,9(3,4)17-8)15-6-11(12,13)14/h15-16H,5-7H2,1-4H3. The van der Waals surface area contributed by atoms with Gasteiger partial charge in [-0.05, 0) is 34.1 Å². The molecule has 0 bridgehead atoms. The van der Waals surface area contributed by atoms with Crippen LogP contribution >= 0.6 is 0 Å². The van der Waals surface area contributed by atoms with Crippen molar-refractivity contribution in [3.8, 4) is 0 Å². The lowest BCUT2D eigenvalue weighted by Crippen LogP contribution is -2.61. The van der Waals surface area contributed by atoms with Crippen molar-refractivity contribution in [2.45, 2.75) is 57.0 Å². The normalized spacial score (nSPS) is 31.8. The molecule has 1 aliphatic heterocycles. The number of rotatable bonds is 3. The van der Waals surface area contributed by atoms with Crippen molar-refractivity contribution in [3.63, 3.8) is 0 Å². The molecule has 17 heavy (non-hydrogen) atoms. The van der Waals surface area contributed by atoms with Gasteiger partial charge in [0.1, 0.15) is 0 Å². The predicted molar refractivity (Wildman–Crippen MR) is 57.7 cm³/mol. The van der Waals surface area contributed by atoms with Gasteiger partial charge < -0.3 is 9.84 Å². The molecular formula is C11H20F3NO2. The van der Waals surface area contributed by atoms with Crippen LogP contribution in [0.2, 0.25) is 0 Å². The fourth-order valence-corrected chi connectivity index (χ4v) is 2.61. The molecule has 1 rings (SSSR count). The Morgan fingerprint density at radius 3 is 2.06 bits per heavy atom. The number of aliphatic hydroxyl groups excluding tert-OH is 1. The van der Waals surface area contributed by atoms with Gasteiger partial charge in [0.15, 0.2) is 0 Å². The lowest BCUT2D eigenvalue weighted by molar-refractivity contribution is -0.138. The van der Waals surface area contributed by atoms with Gasteiger partial charge in [0.2, 0.25) is 0 Å². The third kappa shape index (κ3) is 3.11. The van der Waals surface area contributed by atoms with E-state index in [0.717, 1.165) is 0 Å². The molecule has 0 saturated carbocycles. The summed E-state index contributed by atoms with van der Waals surface area (Å²) in [6, 6.07) is 0. The van der Waals surface area contributed by atoms with Crippen molar-refractivity contribution >= 4 is 0 Å². The highest BCUT2D eigenvalue weighted by molar-refractivity contribution is 5.11. The minimum absolute atomic E-state index is 0.333.